The zero-order valence-electron chi connectivity index (χ0n) is 8.54. The Bertz CT molecular complexity index is 479. The highest BCUT2D eigenvalue weighted by atomic mass is 35.5. The van der Waals surface area contributed by atoms with Crippen molar-refractivity contribution in [1.82, 2.24) is 9.97 Å². The lowest BCUT2D eigenvalue weighted by atomic mass is 10.2. The van der Waals surface area contributed by atoms with E-state index < -0.39 is 0 Å². The van der Waals surface area contributed by atoms with Gasteiger partial charge in [-0.25, -0.2) is 4.98 Å². The van der Waals surface area contributed by atoms with Crippen LogP contribution in [0.15, 0.2) is 24.4 Å². The van der Waals surface area contributed by atoms with Crippen LogP contribution in [-0.4, -0.2) is 17.1 Å². The van der Waals surface area contributed by atoms with Crippen LogP contribution in [-0.2, 0) is 0 Å². The standard InChI is InChI=1S/C11H11ClN2O/c1-7-6-13-11(14-7)8-3-4-9(12)10(5-8)15-2/h3-6H,1-2H3,(H,13,14). The Morgan fingerprint density at radius 3 is 2.80 bits per heavy atom. The maximum atomic E-state index is 5.93. The van der Waals surface area contributed by atoms with E-state index in [0.717, 1.165) is 17.1 Å². The quantitative estimate of drug-likeness (QED) is 0.848. The minimum atomic E-state index is 0.601. The highest BCUT2D eigenvalue weighted by molar-refractivity contribution is 6.32. The molecular weight excluding hydrogens is 212 g/mol. The fourth-order valence-corrected chi connectivity index (χ4v) is 1.56. The number of benzene rings is 1. The number of hydrogen-bond acceptors (Lipinski definition) is 2. The summed E-state index contributed by atoms with van der Waals surface area (Å²) < 4.78 is 5.14. The van der Waals surface area contributed by atoms with Gasteiger partial charge in [0.25, 0.3) is 0 Å². The molecule has 0 aliphatic rings. The zero-order chi connectivity index (χ0) is 10.8. The first kappa shape index (κ1) is 10.1. The lowest BCUT2D eigenvalue weighted by Crippen LogP contribution is -1.86. The van der Waals surface area contributed by atoms with Gasteiger partial charge < -0.3 is 9.72 Å². The molecule has 0 spiro atoms. The molecule has 78 valence electrons. The molecule has 0 aliphatic heterocycles. The summed E-state index contributed by atoms with van der Waals surface area (Å²) in [5.41, 5.74) is 1.99. The largest absolute Gasteiger partial charge is 0.495 e. The summed E-state index contributed by atoms with van der Waals surface area (Å²) in [6, 6.07) is 5.57. The molecule has 1 aromatic carbocycles. The van der Waals surface area contributed by atoms with Gasteiger partial charge in [-0.2, -0.15) is 0 Å². The Labute approximate surface area is 93.1 Å². The number of halogens is 1. The molecule has 0 fully saturated rings. The Morgan fingerprint density at radius 1 is 1.40 bits per heavy atom. The van der Waals surface area contributed by atoms with Gasteiger partial charge in [0.15, 0.2) is 0 Å². The highest BCUT2D eigenvalue weighted by Gasteiger charge is 2.05. The van der Waals surface area contributed by atoms with E-state index in [2.05, 4.69) is 9.97 Å². The van der Waals surface area contributed by atoms with Crippen molar-refractivity contribution >= 4 is 11.6 Å². The van der Waals surface area contributed by atoms with E-state index in [1.54, 1.807) is 19.4 Å². The van der Waals surface area contributed by atoms with E-state index in [0.29, 0.717) is 10.8 Å². The predicted molar refractivity (Wildman–Crippen MR) is 60.3 cm³/mol. The summed E-state index contributed by atoms with van der Waals surface area (Å²) in [6.45, 7) is 1.96. The van der Waals surface area contributed by atoms with Crippen molar-refractivity contribution in [3.8, 4) is 17.1 Å². The van der Waals surface area contributed by atoms with Gasteiger partial charge in [0.2, 0.25) is 0 Å². The van der Waals surface area contributed by atoms with Crippen LogP contribution >= 0.6 is 11.6 Å². The number of rotatable bonds is 2. The fraction of sp³-hybridized carbons (Fsp3) is 0.182. The number of imidazole rings is 1. The Kier molecular flexibility index (Phi) is 2.64. The number of hydrogen-bond donors (Lipinski definition) is 1. The van der Waals surface area contributed by atoms with Gasteiger partial charge in [-0.3, -0.25) is 0 Å². The Balaban J connectivity index is 2.45. The molecule has 0 amide bonds. The molecule has 3 nitrogen and oxygen atoms in total. The van der Waals surface area contributed by atoms with Gasteiger partial charge in [-0.05, 0) is 25.1 Å². The summed E-state index contributed by atoms with van der Waals surface area (Å²) in [5, 5.41) is 0.601. The minimum absolute atomic E-state index is 0.601. The van der Waals surface area contributed by atoms with Crippen molar-refractivity contribution in [1.29, 1.82) is 0 Å². The molecule has 0 atom stereocenters. The normalized spacial score (nSPS) is 10.3. The molecule has 0 saturated heterocycles. The average Bonchev–Trinajstić information content (AvgIpc) is 2.66. The molecule has 0 unspecified atom stereocenters. The van der Waals surface area contributed by atoms with Crippen LogP contribution in [0.5, 0.6) is 5.75 Å². The van der Waals surface area contributed by atoms with E-state index >= 15 is 0 Å². The average molecular weight is 223 g/mol. The second-order valence-electron chi connectivity index (χ2n) is 3.26. The number of aromatic nitrogens is 2. The number of aromatic amines is 1. The van der Waals surface area contributed by atoms with Crippen LogP contribution in [0.4, 0.5) is 0 Å². The molecule has 0 saturated carbocycles. The van der Waals surface area contributed by atoms with Crippen molar-refractivity contribution in [2.45, 2.75) is 6.92 Å². The zero-order valence-corrected chi connectivity index (χ0v) is 9.30. The molecule has 0 radical (unpaired) electrons. The van der Waals surface area contributed by atoms with Crippen LogP contribution < -0.4 is 4.74 Å². The van der Waals surface area contributed by atoms with E-state index in [1.807, 2.05) is 19.1 Å². The number of ether oxygens (including phenoxy) is 1. The van der Waals surface area contributed by atoms with Gasteiger partial charge in [0, 0.05) is 17.5 Å². The van der Waals surface area contributed by atoms with Crippen LogP contribution in [0.25, 0.3) is 11.4 Å². The first-order valence-electron chi connectivity index (χ1n) is 4.56. The number of nitrogens with zero attached hydrogens (tertiary/aromatic N) is 1. The summed E-state index contributed by atoms with van der Waals surface area (Å²) in [4.78, 5) is 7.39. The van der Waals surface area contributed by atoms with Crippen molar-refractivity contribution < 1.29 is 4.74 Å². The second-order valence-corrected chi connectivity index (χ2v) is 3.67. The number of methoxy groups -OCH3 is 1. The van der Waals surface area contributed by atoms with E-state index in [-0.39, 0.29) is 0 Å². The molecule has 4 heteroatoms. The summed E-state index contributed by atoms with van der Waals surface area (Å²) in [7, 11) is 1.60. The van der Waals surface area contributed by atoms with Crippen molar-refractivity contribution in [3.63, 3.8) is 0 Å². The highest BCUT2D eigenvalue weighted by Crippen LogP contribution is 2.28. The molecule has 1 N–H and O–H groups in total. The summed E-state index contributed by atoms with van der Waals surface area (Å²) >= 11 is 5.93. The van der Waals surface area contributed by atoms with Gasteiger partial charge in [0.05, 0.1) is 12.1 Å². The third-order valence-corrected chi connectivity index (χ3v) is 2.44. The summed E-state index contributed by atoms with van der Waals surface area (Å²) in [5.74, 6) is 1.48. The number of nitrogens with one attached hydrogen (secondary N) is 1. The van der Waals surface area contributed by atoms with Gasteiger partial charge in [-0.1, -0.05) is 11.6 Å². The minimum Gasteiger partial charge on any atom is -0.495 e. The number of aryl methyl sites for hydroxylation is 1. The van der Waals surface area contributed by atoms with Crippen LogP contribution in [0, 0.1) is 6.92 Å². The number of H-pyrrole nitrogens is 1. The van der Waals surface area contributed by atoms with Crippen LogP contribution in [0.1, 0.15) is 5.69 Å². The van der Waals surface area contributed by atoms with E-state index in [1.165, 1.54) is 0 Å². The predicted octanol–water partition coefficient (Wildman–Crippen LogP) is 3.05. The van der Waals surface area contributed by atoms with Gasteiger partial charge in [-0.15, -0.1) is 0 Å². The Hall–Kier alpha value is -1.48. The molecule has 2 aromatic rings. The lowest BCUT2D eigenvalue weighted by Gasteiger charge is -2.04. The van der Waals surface area contributed by atoms with Gasteiger partial charge >= 0.3 is 0 Å². The third kappa shape index (κ3) is 1.97. The second kappa shape index (κ2) is 3.95. The SMILES string of the molecule is COc1cc(-c2ncc(C)[nH]2)ccc1Cl. The van der Waals surface area contributed by atoms with Gasteiger partial charge in [0.1, 0.15) is 11.6 Å². The Morgan fingerprint density at radius 2 is 2.20 bits per heavy atom. The molecular formula is C11H11ClN2O. The van der Waals surface area contributed by atoms with Crippen molar-refractivity contribution in [2.75, 3.05) is 7.11 Å². The monoisotopic (exact) mass is 222 g/mol. The van der Waals surface area contributed by atoms with Crippen molar-refractivity contribution in [3.05, 3.63) is 35.1 Å². The fourth-order valence-electron chi connectivity index (χ4n) is 1.37. The van der Waals surface area contributed by atoms with E-state index in [4.69, 9.17) is 16.3 Å². The molecule has 2 rings (SSSR count). The topological polar surface area (TPSA) is 37.9 Å². The third-order valence-electron chi connectivity index (χ3n) is 2.13. The molecule has 15 heavy (non-hydrogen) atoms. The van der Waals surface area contributed by atoms with Crippen LogP contribution in [0.3, 0.4) is 0 Å². The molecule has 0 bridgehead atoms. The molecule has 0 aliphatic carbocycles. The first-order valence-corrected chi connectivity index (χ1v) is 4.94. The smallest absolute Gasteiger partial charge is 0.138 e. The molecule has 1 heterocycles. The summed E-state index contributed by atoms with van der Waals surface area (Å²) in [6.07, 6.45) is 1.79. The van der Waals surface area contributed by atoms with Crippen molar-refractivity contribution in [2.24, 2.45) is 0 Å². The maximum Gasteiger partial charge on any atom is 0.138 e. The maximum absolute atomic E-state index is 5.93. The van der Waals surface area contributed by atoms with Crippen LogP contribution in [0.2, 0.25) is 5.02 Å². The lowest BCUT2D eigenvalue weighted by molar-refractivity contribution is 0.415. The first-order chi connectivity index (χ1) is 7.20. The molecule has 1 aromatic heterocycles. The van der Waals surface area contributed by atoms with E-state index in [9.17, 15) is 0 Å².